The van der Waals surface area contributed by atoms with Crippen LogP contribution >= 0.6 is 0 Å². The average Bonchev–Trinajstić information content (AvgIpc) is 2.81. The van der Waals surface area contributed by atoms with Gasteiger partial charge in [0.2, 0.25) is 23.1 Å². The van der Waals surface area contributed by atoms with Crippen LogP contribution in [0.2, 0.25) is 0 Å². The Kier molecular flexibility index (Phi) is 6.53. The van der Waals surface area contributed by atoms with E-state index in [1.54, 1.807) is 25.3 Å². The van der Waals surface area contributed by atoms with Crippen molar-refractivity contribution in [3.63, 3.8) is 0 Å². The van der Waals surface area contributed by atoms with Crippen LogP contribution in [0.25, 0.3) is 5.76 Å². The Morgan fingerprint density at radius 1 is 0.677 bits per heavy atom. The summed E-state index contributed by atoms with van der Waals surface area (Å²) < 4.78 is 44.5. The molecule has 9 nitrogen and oxygen atoms in total. The molecule has 0 N–H and O–H groups in total. The number of ketones is 1. The molecule has 0 unspecified atom stereocenters. The van der Waals surface area contributed by atoms with E-state index in [-0.39, 0.29) is 34.6 Å². The zero-order valence-electron chi connectivity index (χ0n) is 18.6. The van der Waals surface area contributed by atoms with E-state index in [0.717, 1.165) is 0 Å². The number of ether oxygens (including phenoxy) is 8. The van der Waals surface area contributed by atoms with Crippen molar-refractivity contribution in [2.24, 2.45) is 5.92 Å². The van der Waals surface area contributed by atoms with Gasteiger partial charge in [0.1, 0.15) is 5.92 Å². The highest BCUT2D eigenvalue weighted by Gasteiger charge is 2.52. The molecule has 2 atom stereocenters. The van der Waals surface area contributed by atoms with E-state index in [4.69, 9.17) is 37.9 Å². The van der Waals surface area contributed by atoms with E-state index < -0.39 is 12.0 Å². The Labute approximate surface area is 180 Å². The second-order valence-electron chi connectivity index (χ2n) is 6.52. The highest BCUT2D eigenvalue weighted by atomic mass is 16.6. The summed E-state index contributed by atoms with van der Waals surface area (Å²) in [5.41, 5.74) is 0.566. The molecule has 0 fully saturated rings. The van der Waals surface area contributed by atoms with Crippen molar-refractivity contribution in [2.75, 3.05) is 49.8 Å². The molecule has 0 amide bonds. The topological polar surface area (TPSA) is 90.9 Å². The molecule has 1 aliphatic heterocycles. The van der Waals surface area contributed by atoms with Gasteiger partial charge in [-0.15, -0.1) is 0 Å². The summed E-state index contributed by atoms with van der Waals surface area (Å²) in [7, 11) is 10.3. The maximum atomic E-state index is 13.5. The second-order valence-corrected chi connectivity index (χ2v) is 6.52. The molecule has 9 heteroatoms. The Bertz CT molecular complexity index is 958. The summed E-state index contributed by atoms with van der Waals surface area (Å²) in [5.74, 6) is 1.15. The quantitative estimate of drug-likeness (QED) is 0.612. The van der Waals surface area contributed by atoms with Crippen LogP contribution in [0.1, 0.15) is 5.56 Å². The first-order chi connectivity index (χ1) is 15.0. The van der Waals surface area contributed by atoms with Gasteiger partial charge in [0.05, 0.1) is 49.8 Å². The molecule has 1 heterocycles. The smallest absolute Gasteiger partial charge is 0.216 e. The van der Waals surface area contributed by atoms with Crippen molar-refractivity contribution < 1.29 is 42.7 Å². The first kappa shape index (κ1) is 22.2. The lowest BCUT2D eigenvalue weighted by atomic mass is 9.84. The summed E-state index contributed by atoms with van der Waals surface area (Å²) in [5, 5.41) is 0. The molecule has 0 saturated heterocycles. The SMILES string of the molecule is COC1=C(c2ccc(OC)c(OC)c2)O[C@H]2C(OC)=C(OC)C(OC)=C(OC)[C@H]2C1=O. The number of hydrogen-bond acceptors (Lipinski definition) is 9. The largest absolute Gasteiger partial charge is 0.496 e. The summed E-state index contributed by atoms with van der Waals surface area (Å²) in [6.45, 7) is 0. The molecule has 1 aromatic carbocycles. The van der Waals surface area contributed by atoms with Crippen LogP contribution in [0.15, 0.2) is 47.0 Å². The molecule has 168 valence electrons. The van der Waals surface area contributed by atoms with Crippen LogP contribution < -0.4 is 9.47 Å². The number of hydrogen-bond donors (Lipinski definition) is 0. The average molecular weight is 434 g/mol. The molecular weight excluding hydrogens is 408 g/mol. The van der Waals surface area contributed by atoms with Gasteiger partial charge in [0.15, 0.2) is 34.9 Å². The molecule has 0 aromatic heterocycles. The Morgan fingerprint density at radius 3 is 1.77 bits per heavy atom. The highest BCUT2D eigenvalue weighted by Crippen LogP contribution is 2.45. The van der Waals surface area contributed by atoms with E-state index in [1.807, 2.05) is 0 Å². The Hall–Kier alpha value is -3.49. The molecule has 31 heavy (non-hydrogen) atoms. The van der Waals surface area contributed by atoms with Crippen molar-refractivity contribution in [3.8, 4) is 11.5 Å². The maximum absolute atomic E-state index is 13.5. The predicted octanol–water partition coefficient (Wildman–Crippen LogP) is 2.63. The minimum Gasteiger partial charge on any atom is -0.496 e. The lowest BCUT2D eigenvalue weighted by molar-refractivity contribution is -0.128. The first-order valence-electron chi connectivity index (χ1n) is 9.37. The first-order valence-corrected chi connectivity index (χ1v) is 9.37. The van der Waals surface area contributed by atoms with Gasteiger partial charge < -0.3 is 37.9 Å². The lowest BCUT2D eigenvalue weighted by Gasteiger charge is -2.38. The van der Waals surface area contributed by atoms with Crippen molar-refractivity contribution in [1.82, 2.24) is 0 Å². The maximum Gasteiger partial charge on any atom is 0.216 e. The molecule has 3 rings (SSSR count). The van der Waals surface area contributed by atoms with Gasteiger partial charge in [0, 0.05) is 5.56 Å². The third-order valence-electron chi connectivity index (χ3n) is 5.15. The monoisotopic (exact) mass is 434 g/mol. The van der Waals surface area contributed by atoms with Gasteiger partial charge in [-0.3, -0.25) is 4.79 Å². The Morgan fingerprint density at radius 2 is 1.26 bits per heavy atom. The van der Waals surface area contributed by atoms with Gasteiger partial charge in [-0.2, -0.15) is 0 Å². The predicted molar refractivity (Wildman–Crippen MR) is 109 cm³/mol. The number of Topliss-reactive ketones (excluding diaryl/α,β-unsaturated/α-hetero) is 1. The minimum atomic E-state index is -0.882. The zero-order chi connectivity index (χ0) is 22.7. The van der Waals surface area contributed by atoms with Crippen molar-refractivity contribution in [3.05, 3.63) is 52.6 Å². The van der Waals surface area contributed by atoms with Gasteiger partial charge in [-0.25, -0.2) is 0 Å². The summed E-state index contributed by atoms with van der Waals surface area (Å²) in [6, 6.07) is 5.16. The second kappa shape index (κ2) is 9.11. The van der Waals surface area contributed by atoms with Gasteiger partial charge >= 0.3 is 0 Å². The summed E-state index contributed by atoms with van der Waals surface area (Å²) >= 11 is 0. The molecular formula is C22H26O9. The van der Waals surface area contributed by atoms with Gasteiger partial charge in [-0.05, 0) is 18.2 Å². The van der Waals surface area contributed by atoms with Crippen LogP contribution in [-0.2, 0) is 33.2 Å². The number of carbonyl (C=O) groups excluding carboxylic acids is 1. The van der Waals surface area contributed by atoms with E-state index in [9.17, 15) is 4.79 Å². The van der Waals surface area contributed by atoms with Crippen LogP contribution in [-0.4, -0.2) is 61.7 Å². The number of benzene rings is 1. The molecule has 1 aromatic rings. The fraction of sp³-hybridized carbons (Fsp3) is 0.409. The van der Waals surface area contributed by atoms with Gasteiger partial charge in [-0.1, -0.05) is 0 Å². The van der Waals surface area contributed by atoms with Crippen molar-refractivity contribution in [2.45, 2.75) is 6.10 Å². The fourth-order valence-electron chi connectivity index (χ4n) is 3.78. The lowest BCUT2D eigenvalue weighted by Crippen LogP contribution is -2.43. The number of fused-ring (bicyclic) bond motifs is 1. The van der Waals surface area contributed by atoms with Gasteiger partial charge in [0.25, 0.3) is 0 Å². The van der Waals surface area contributed by atoms with Crippen molar-refractivity contribution in [1.29, 1.82) is 0 Å². The minimum absolute atomic E-state index is 0.0368. The van der Waals surface area contributed by atoms with Crippen LogP contribution in [0.3, 0.4) is 0 Å². The third-order valence-corrected chi connectivity index (χ3v) is 5.15. The van der Waals surface area contributed by atoms with Crippen molar-refractivity contribution >= 4 is 11.5 Å². The third kappa shape index (κ3) is 3.49. The number of allylic oxidation sites excluding steroid dienone is 1. The van der Waals surface area contributed by atoms with Crippen LogP contribution in [0, 0.1) is 5.92 Å². The van der Waals surface area contributed by atoms with E-state index in [0.29, 0.717) is 22.8 Å². The molecule has 0 radical (unpaired) electrons. The van der Waals surface area contributed by atoms with E-state index >= 15 is 0 Å². The summed E-state index contributed by atoms with van der Waals surface area (Å²) in [4.78, 5) is 13.5. The van der Waals surface area contributed by atoms with Crippen LogP contribution in [0.4, 0.5) is 0 Å². The number of methoxy groups -OCH3 is 7. The van der Waals surface area contributed by atoms with E-state index in [2.05, 4.69) is 0 Å². The van der Waals surface area contributed by atoms with Crippen LogP contribution in [0.5, 0.6) is 11.5 Å². The highest BCUT2D eigenvalue weighted by molar-refractivity contribution is 6.04. The number of carbonyl (C=O) groups is 1. The molecule has 1 aliphatic carbocycles. The molecule has 0 bridgehead atoms. The van der Waals surface area contributed by atoms with E-state index in [1.165, 1.54) is 42.7 Å². The number of rotatable bonds is 8. The fourth-order valence-corrected chi connectivity index (χ4v) is 3.78. The normalized spacial score (nSPS) is 20.7. The Balaban J connectivity index is 2.22. The standard InChI is InChI=1S/C22H26O9/c1-24-12-9-8-11(10-13(12)25-2)16-19(27-4)15(23)14-17(26-3)20(28-5)22(30-7)21(29-6)18(14)31-16/h8-10,14,18H,1-7H3/t14-,18-/m1/s1. The molecule has 2 aliphatic rings. The summed E-state index contributed by atoms with van der Waals surface area (Å²) in [6.07, 6.45) is -0.858. The zero-order valence-corrected chi connectivity index (χ0v) is 18.6. The molecule has 0 saturated carbocycles. The molecule has 0 spiro atoms.